The number of halogens is 2. The molecule has 0 aliphatic carbocycles. The summed E-state index contributed by atoms with van der Waals surface area (Å²) in [4.78, 5) is 0. The zero-order valence-corrected chi connectivity index (χ0v) is 11.2. The summed E-state index contributed by atoms with van der Waals surface area (Å²) in [6, 6.07) is 1.19. The quantitative estimate of drug-likeness (QED) is 0.931. The summed E-state index contributed by atoms with van der Waals surface area (Å²) < 4.78 is 24.2. The maximum absolute atomic E-state index is 13.8. The first kappa shape index (κ1) is 13.3. The lowest BCUT2D eigenvalue weighted by Crippen LogP contribution is -2.19. The number of methoxy groups -OCH3 is 2. The Hall–Kier alpha value is -0.810. The van der Waals surface area contributed by atoms with E-state index in [0.29, 0.717) is 10.2 Å². The molecule has 0 aliphatic rings. The van der Waals surface area contributed by atoms with Gasteiger partial charge in [0.25, 0.3) is 0 Å². The van der Waals surface area contributed by atoms with Crippen molar-refractivity contribution in [2.24, 2.45) is 0 Å². The summed E-state index contributed by atoms with van der Waals surface area (Å²) in [6.07, 6.45) is 0. The molecule has 5 heteroatoms. The van der Waals surface area contributed by atoms with Gasteiger partial charge in [-0.1, -0.05) is 0 Å². The molecule has 0 amide bonds. The Bertz CT molecular complexity index is 399. The van der Waals surface area contributed by atoms with E-state index < -0.39 is 11.4 Å². The summed E-state index contributed by atoms with van der Waals surface area (Å²) in [5.74, 6) is 0.0953. The van der Waals surface area contributed by atoms with E-state index in [4.69, 9.17) is 9.47 Å². The Morgan fingerprint density at radius 2 is 1.88 bits per heavy atom. The molecule has 3 nitrogen and oxygen atoms in total. The van der Waals surface area contributed by atoms with Crippen LogP contribution in [0.15, 0.2) is 10.5 Å². The first-order valence-electron chi connectivity index (χ1n) is 4.65. The topological polar surface area (TPSA) is 38.7 Å². The molecular weight excluding hydrogens is 279 g/mol. The number of aliphatic hydroxyl groups is 1. The molecule has 1 aromatic carbocycles. The molecule has 0 fully saturated rings. The largest absolute Gasteiger partial charge is 0.493 e. The SMILES string of the molecule is COc1cc(F)c(C(C)(C)O)c(Br)c1OC. The normalized spacial score (nSPS) is 11.4. The van der Waals surface area contributed by atoms with Crippen LogP contribution >= 0.6 is 15.9 Å². The van der Waals surface area contributed by atoms with Gasteiger partial charge in [0.1, 0.15) is 5.82 Å². The van der Waals surface area contributed by atoms with Gasteiger partial charge < -0.3 is 14.6 Å². The first-order chi connectivity index (χ1) is 7.32. The number of hydrogen-bond acceptors (Lipinski definition) is 3. The van der Waals surface area contributed by atoms with Crippen molar-refractivity contribution in [3.05, 3.63) is 21.9 Å². The maximum Gasteiger partial charge on any atom is 0.175 e. The third-order valence-electron chi connectivity index (χ3n) is 2.18. The van der Waals surface area contributed by atoms with Crippen LogP contribution in [-0.2, 0) is 5.60 Å². The maximum atomic E-state index is 13.8. The van der Waals surface area contributed by atoms with Crippen molar-refractivity contribution in [2.45, 2.75) is 19.4 Å². The van der Waals surface area contributed by atoms with Crippen LogP contribution < -0.4 is 9.47 Å². The van der Waals surface area contributed by atoms with E-state index in [-0.39, 0.29) is 11.3 Å². The zero-order chi connectivity index (χ0) is 12.5. The fraction of sp³-hybridized carbons (Fsp3) is 0.455. The summed E-state index contributed by atoms with van der Waals surface area (Å²) in [6.45, 7) is 3.00. The van der Waals surface area contributed by atoms with Crippen LogP contribution in [0.1, 0.15) is 19.4 Å². The van der Waals surface area contributed by atoms with Gasteiger partial charge in [-0.25, -0.2) is 4.39 Å². The molecule has 0 bridgehead atoms. The molecule has 0 heterocycles. The van der Waals surface area contributed by atoms with Gasteiger partial charge in [-0.2, -0.15) is 0 Å². The number of hydrogen-bond donors (Lipinski definition) is 1. The van der Waals surface area contributed by atoms with Gasteiger partial charge >= 0.3 is 0 Å². The van der Waals surface area contributed by atoms with Crippen LogP contribution in [-0.4, -0.2) is 19.3 Å². The van der Waals surface area contributed by atoms with Crippen molar-refractivity contribution in [2.75, 3.05) is 14.2 Å². The minimum Gasteiger partial charge on any atom is -0.493 e. The number of benzene rings is 1. The Balaban J connectivity index is 3.54. The molecular formula is C11H14BrFO3. The van der Waals surface area contributed by atoms with E-state index >= 15 is 0 Å². The van der Waals surface area contributed by atoms with Gasteiger partial charge in [-0.15, -0.1) is 0 Å². The summed E-state index contributed by atoms with van der Waals surface area (Å²) in [7, 11) is 2.88. The third kappa shape index (κ3) is 2.30. The minimum atomic E-state index is -1.30. The second-order valence-electron chi connectivity index (χ2n) is 3.84. The van der Waals surface area contributed by atoms with Crippen molar-refractivity contribution >= 4 is 15.9 Å². The van der Waals surface area contributed by atoms with E-state index in [9.17, 15) is 9.50 Å². The highest BCUT2D eigenvalue weighted by atomic mass is 79.9. The summed E-state index contributed by atoms with van der Waals surface area (Å²) >= 11 is 3.21. The summed E-state index contributed by atoms with van der Waals surface area (Å²) in [5.41, 5.74) is -1.16. The Morgan fingerprint density at radius 3 is 2.25 bits per heavy atom. The monoisotopic (exact) mass is 292 g/mol. The molecule has 0 saturated carbocycles. The van der Waals surface area contributed by atoms with Crippen molar-refractivity contribution in [3.63, 3.8) is 0 Å². The van der Waals surface area contributed by atoms with Crippen molar-refractivity contribution in [3.8, 4) is 11.5 Å². The minimum absolute atomic E-state index is 0.144. The lowest BCUT2D eigenvalue weighted by molar-refractivity contribution is 0.0732. The fourth-order valence-corrected chi connectivity index (χ4v) is 2.51. The molecule has 0 aromatic heterocycles. The van der Waals surface area contributed by atoms with Gasteiger partial charge in [0, 0.05) is 11.6 Å². The van der Waals surface area contributed by atoms with E-state index in [1.165, 1.54) is 34.1 Å². The van der Waals surface area contributed by atoms with Crippen molar-refractivity contribution in [1.82, 2.24) is 0 Å². The van der Waals surface area contributed by atoms with E-state index in [2.05, 4.69) is 15.9 Å². The average Bonchev–Trinajstić information content (AvgIpc) is 2.14. The Morgan fingerprint density at radius 1 is 1.31 bits per heavy atom. The van der Waals surface area contributed by atoms with Crippen LogP contribution in [0.4, 0.5) is 4.39 Å². The van der Waals surface area contributed by atoms with E-state index in [0.717, 1.165) is 0 Å². The van der Waals surface area contributed by atoms with Crippen molar-refractivity contribution in [1.29, 1.82) is 0 Å². The van der Waals surface area contributed by atoms with Crippen LogP contribution in [0.2, 0.25) is 0 Å². The molecule has 0 aliphatic heterocycles. The van der Waals surface area contributed by atoms with E-state index in [1.54, 1.807) is 0 Å². The molecule has 1 rings (SSSR count). The van der Waals surface area contributed by atoms with Crippen LogP contribution in [0.3, 0.4) is 0 Å². The first-order valence-corrected chi connectivity index (χ1v) is 5.45. The Labute approximate surface area is 102 Å². The highest BCUT2D eigenvalue weighted by Gasteiger charge is 2.28. The highest BCUT2D eigenvalue weighted by Crippen LogP contribution is 2.42. The standard InChI is InChI=1S/C11H14BrFO3/c1-11(2,14)8-6(13)5-7(15-3)10(16-4)9(8)12/h5,14H,1-4H3. The van der Waals surface area contributed by atoms with Crippen molar-refractivity contribution < 1.29 is 19.0 Å². The third-order valence-corrected chi connectivity index (χ3v) is 2.93. The van der Waals surface area contributed by atoms with E-state index in [1.807, 2.05) is 0 Å². The average molecular weight is 293 g/mol. The predicted molar refractivity (Wildman–Crippen MR) is 62.4 cm³/mol. The van der Waals surface area contributed by atoms with Crippen LogP contribution in [0, 0.1) is 5.82 Å². The summed E-state index contributed by atoms with van der Waals surface area (Å²) in [5, 5.41) is 9.87. The van der Waals surface area contributed by atoms with Gasteiger partial charge in [-0.05, 0) is 29.8 Å². The molecule has 90 valence electrons. The number of rotatable bonds is 3. The lowest BCUT2D eigenvalue weighted by Gasteiger charge is -2.22. The van der Waals surface area contributed by atoms with Crippen LogP contribution in [0.25, 0.3) is 0 Å². The second kappa shape index (κ2) is 4.59. The molecule has 1 aromatic rings. The second-order valence-corrected chi connectivity index (χ2v) is 4.63. The smallest absolute Gasteiger partial charge is 0.175 e. The van der Waals surface area contributed by atoms with Gasteiger partial charge in [0.2, 0.25) is 0 Å². The molecule has 16 heavy (non-hydrogen) atoms. The van der Waals surface area contributed by atoms with Gasteiger partial charge in [0.15, 0.2) is 11.5 Å². The molecule has 0 spiro atoms. The Kier molecular flexibility index (Phi) is 3.80. The predicted octanol–water partition coefficient (Wildman–Crippen LogP) is 2.83. The highest BCUT2D eigenvalue weighted by molar-refractivity contribution is 9.10. The van der Waals surface area contributed by atoms with Crippen LogP contribution in [0.5, 0.6) is 11.5 Å². The molecule has 0 unspecified atom stereocenters. The lowest BCUT2D eigenvalue weighted by atomic mass is 9.97. The fourth-order valence-electron chi connectivity index (χ4n) is 1.48. The molecule has 0 saturated heterocycles. The number of ether oxygens (including phenoxy) is 2. The molecule has 0 radical (unpaired) electrons. The molecule has 0 atom stereocenters. The zero-order valence-electron chi connectivity index (χ0n) is 9.60. The van der Waals surface area contributed by atoms with Gasteiger partial charge in [-0.3, -0.25) is 0 Å². The van der Waals surface area contributed by atoms with Gasteiger partial charge in [0.05, 0.1) is 24.3 Å². The molecule has 1 N–H and O–H groups in total.